The smallest absolute Gasteiger partial charge is 0.124 e. The van der Waals surface area contributed by atoms with Crippen molar-refractivity contribution < 1.29 is 9.18 Å². The van der Waals surface area contributed by atoms with Crippen LogP contribution in [-0.2, 0) is 11.2 Å². The summed E-state index contributed by atoms with van der Waals surface area (Å²) in [6.45, 7) is 2.17. The van der Waals surface area contributed by atoms with Gasteiger partial charge in [-0.25, -0.2) is 4.39 Å². The van der Waals surface area contributed by atoms with Crippen molar-refractivity contribution in [1.82, 2.24) is 0 Å². The van der Waals surface area contributed by atoms with E-state index in [1.807, 2.05) is 0 Å². The van der Waals surface area contributed by atoms with Crippen molar-refractivity contribution in [2.24, 2.45) is 0 Å². The molecule has 1 aromatic carbocycles. The van der Waals surface area contributed by atoms with Crippen LogP contribution in [0.5, 0.6) is 0 Å². The molecule has 0 amide bonds. The molecule has 1 rings (SSSR count). The maximum atomic E-state index is 12.2. The monoisotopic (exact) mass is 244 g/mol. The van der Waals surface area contributed by atoms with E-state index in [1.165, 1.54) is 31.4 Å². The Balaban J connectivity index is 0.000000325. The van der Waals surface area contributed by atoms with Gasteiger partial charge in [-0.2, -0.15) is 0 Å². The molecule has 0 spiro atoms. The van der Waals surface area contributed by atoms with Crippen LogP contribution in [0.15, 0.2) is 24.3 Å². The van der Waals surface area contributed by atoms with E-state index >= 15 is 0 Å². The molecular formula is C13H18ClFO. The number of carbonyl (C=O) groups is 1. The molecule has 90 valence electrons. The Morgan fingerprint density at radius 1 is 1.25 bits per heavy atom. The van der Waals surface area contributed by atoms with E-state index in [0.717, 1.165) is 17.7 Å². The quantitative estimate of drug-likeness (QED) is 0.435. The molecule has 1 nitrogen and oxygen atoms in total. The SMILES string of the molecule is CCCCCCl.O=CCc1ccc(F)cc1. The number of unbranched alkanes of at least 4 members (excludes halogenated alkanes) is 2. The lowest BCUT2D eigenvalue weighted by Crippen LogP contribution is -1.84. The van der Waals surface area contributed by atoms with E-state index in [9.17, 15) is 9.18 Å². The molecule has 0 aromatic heterocycles. The predicted molar refractivity (Wildman–Crippen MR) is 66.4 cm³/mol. The van der Waals surface area contributed by atoms with Crippen LogP contribution in [0.1, 0.15) is 31.7 Å². The summed E-state index contributed by atoms with van der Waals surface area (Å²) in [5.74, 6) is 0.558. The highest BCUT2D eigenvalue weighted by atomic mass is 35.5. The highest BCUT2D eigenvalue weighted by Gasteiger charge is 1.90. The largest absolute Gasteiger partial charge is 0.303 e. The minimum atomic E-state index is -0.269. The fraction of sp³-hybridized carbons (Fsp3) is 0.462. The topological polar surface area (TPSA) is 17.1 Å². The number of hydrogen-bond donors (Lipinski definition) is 0. The van der Waals surface area contributed by atoms with Crippen LogP contribution in [0.4, 0.5) is 4.39 Å². The third-order valence-electron chi connectivity index (χ3n) is 1.97. The summed E-state index contributed by atoms with van der Waals surface area (Å²) in [5.41, 5.74) is 0.844. The molecule has 0 fully saturated rings. The first-order valence-electron chi connectivity index (χ1n) is 5.48. The van der Waals surface area contributed by atoms with E-state index in [0.29, 0.717) is 6.42 Å². The van der Waals surface area contributed by atoms with Crippen molar-refractivity contribution in [3.8, 4) is 0 Å². The minimum absolute atomic E-state index is 0.269. The normalized spacial score (nSPS) is 9.19. The lowest BCUT2D eigenvalue weighted by Gasteiger charge is -1.91. The number of halogens is 2. The van der Waals surface area contributed by atoms with Crippen molar-refractivity contribution in [2.75, 3.05) is 5.88 Å². The molecular weight excluding hydrogens is 227 g/mol. The van der Waals surface area contributed by atoms with Gasteiger partial charge >= 0.3 is 0 Å². The summed E-state index contributed by atoms with van der Waals surface area (Å²) in [6, 6.07) is 5.89. The number of aldehydes is 1. The van der Waals surface area contributed by atoms with Crippen LogP contribution in [-0.4, -0.2) is 12.2 Å². The Labute approximate surface area is 102 Å². The van der Waals surface area contributed by atoms with E-state index in [2.05, 4.69) is 6.92 Å². The summed E-state index contributed by atoms with van der Waals surface area (Å²) >= 11 is 5.38. The standard InChI is InChI=1S/C8H7FO.C5H11Cl/c9-8-3-1-7(2-4-8)5-6-10;1-2-3-4-5-6/h1-4,6H,5H2;2-5H2,1H3. The fourth-order valence-corrected chi connectivity index (χ4v) is 1.25. The van der Waals surface area contributed by atoms with Crippen molar-refractivity contribution in [3.63, 3.8) is 0 Å². The molecule has 3 heteroatoms. The molecule has 0 aliphatic carbocycles. The van der Waals surface area contributed by atoms with Gasteiger partial charge in [0.1, 0.15) is 12.1 Å². The zero-order chi connectivity index (χ0) is 12.2. The Morgan fingerprint density at radius 2 is 1.88 bits per heavy atom. The highest BCUT2D eigenvalue weighted by Crippen LogP contribution is 2.01. The van der Waals surface area contributed by atoms with Crippen LogP contribution >= 0.6 is 11.6 Å². The average molecular weight is 245 g/mol. The number of rotatable bonds is 5. The molecule has 0 radical (unpaired) electrons. The van der Waals surface area contributed by atoms with Crippen LogP contribution in [0, 0.1) is 5.82 Å². The van der Waals surface area contributed by atoms with Gasteiger partial charge in [-0.05, 0) is 24.1 Å². The molecule has 0 atom stereocenters. The zero-order valence-electron chi connectivity index (χ0n) is 9.59. The van der Waals surface area contributed by atoms with Crippen LogP contribution in [0.2, 0.25) is 0 Å². The van der Waals surface area contributed by atoms with Crippen LogP contribution in [0.25, 0.3) is 0 Å². The first kappa shape index (κ1) is 15.1. The summed E-state index contributed by atoms with van der Waals surface area (Å²) in [5, 5.41) is 0. The van der Waals surface area contributed by atoms with Gasteiger partial charge in [-0.3, -0.25) is 0 Å². The van der Waals surface area contributed by atoms with E-state index in [1.54, 1.807) is 12.1 Å². The molecule has 0 heterocycles. The molecule has 0 aliphatic rings. The van der Waals surface area contributed by atoms with E-state index in [-0.39, 0.29) is 5.82 Å². The van der Waals surface area contributed by atoms with Gasteiger partial charge in [0.25, 0.3) is 0 Å². The zero-order valence-corrected chi connectivity index (χ0v) is 10.3. The second kappa shape index (κ2) is 10.6. The van der Waals surface area contributed by atoms with E-state index < -0.39 is 0 Å². The Hall–Kier alpha value is -0.890. The second-order valence-corrected chi connectivity index (χ2v) is 3.77. The van der Waals surface area contributed by atoms with Crippen molar-refractivity contribution in [2.45, 2.75) is 32.6 Å². The molecule has 16 heavy (non-hydrogen) atoms. The molecule has 0 saturated heterocycles. The molecule has 0 N–H and O–H groups in total. The lowest BCUT2D eigenvalue weighted by atomic mass is 10.2. The highest BCUT2D eigenvalue weighted by molar-refractivity contribution is 6.17. The van der Waals surface area contributed by atoms with Gasteiger partial charge in [0.15, 0.2) is 0 Å². The van der Waals surface area contributed by atoms with Gasteiger partial charge in [-0.15, -0.1) is 11.6 Å². The molecule has 0 aliphatic heterocycles. The maximum absolute atomic E-state index is 12.2. The number of benzene rings is 1. The second-order valence-electron chi connectivity index (χ2n) is 3.39. The summed E-state index contributed by atoms with van der Waals surface area (Å²) in [6.07, 6.45) is 4.89. The van der Waals surface area contributed by atoms with E-state index in [4.69, 9.17) is 11.6 Å². The first-order chi connectivity index (χ1) is 7.74. The van der Waals surface area contributed by atoms with Gasteiger partial charge in [0, 0.05) is 12.3 Å². The van der Waals surface area contributed by atoms with Gasteiger partial charge in [-0.1, -0.05) is 31.9 Å². The van der Waals surface area contributed by atoms with Crippen molar-refractivity contribution in [3.05, 3.63) is 35.6 Å². The molecule has 0 bridgehead atoms. The van der Waals surface area contributed by atoms with Crippen molar-refractivity contribution in [1.29, 1.82) is 0 Å². The Morgan fingerprint density at radius 3 is 2.25 bits per heavy atom. The van der Waals surface area contributed by atoms with Gasteiger partial charge < -0.3 is 4.79 Å². The summed E-state index contributed by atoms with van der Waals surface area (Å²) in [7, 11) is 0. The third-order valence-corrected chi connectivity index (χ3v) is 2.24. The first-order valence-corrected chi connectivity index (χ1v) is 6.02. The summed E-state index contributed by atoms with van der Waals surface area (Å²) < 4.78 is 12.2. The lowest BCUT2D eigenvalue weighted by molar-refractivity contribution is -0.107. The number of alkyl halides is 1. The predicted octanol–water partition coefficient (Wildman–Crippen LogP) is 3.98. The molecule has 0 saturated carbocycles. The Kier molecular flexibility index (Phi) is 10.0. The van der Waals surface area contributed by atoms with Gasteiger partial charge in [0.05, 0.1) is 0 Å². The van der Waals surface area contributed by atoms with Crippen LogP contribution < -0.4 is 0 Å². The Bertz CT molecular complexity index is 268. The molecule has 0 unspecified atom stereocenters. The van der Waals surface area contributed by atoms with Crippen LogP contribution in [0.3, 0.4) is 0 Å². The maximum Gasteiger partial charge on any atom is 0.124 e. The van der Waals surface area contributed by atoms with Crippen molar-refractivity contribution >= 4 is 17.9 Å². The third kappa shape index (κ3) is 8.42. The summed E-state index contributed by atoms with van der Waals surface area (Å²) in [4.78, 5) is 9.97. The minimum Gasteiger partial charge on any atom is -0.303 e. The average Bonchev–Trinajstić information content (AvgIpc) is 2.31. The fourth-order valence-electron chi connectivity index (χ4n) is 1.06. The molecule has 1 aromatic rings. The van der Waals surface area contributed by atoms with Gasteiger partial charge in [0.2, 0.25) is 0 Å². The number of hydrogen-bond acceptors (Lipinski definition) is 1. The number of carbonyl (C=O) groups excluding carboxylic acids is 1.